The summed E-state index contributed by atoms with van der Waals surface area (Å²) in [5.74, 6) is -0.0206. The van der Waals surface area contributed by atoms with Gasteiger partial charge in [0.05, 0.1) is 25.2 Å². The van der Waals surface area contributed by atoms with Crippen LogP contribution in [0.5, 0.6) is 5.75 Å². The fourth-order valence-corrected chi connectivity index (χ4v) is 2.20. The van der Waals surface area contributed by atoms with E-state index in [1.165, 1.54) is 21.2 Å². The Balaban J connectivity index is 2.93. The fraction of sp³-hybridized carbons (Fsp3) is 0.429. The molecule has 1 rings (SSSR count). The van der Waals surface area contributed by atoms with E-state index in [4.69, 9.17) is 32.7 Å². The zero-order valence-corrected chi connectivity index (χ0v) is 14.4. The van der Waals surface area contributed by atoms with Crippen LogP contribution in [0.1, 0.15) is 12.5 Å². The summed E-state index contributed by atoms with van der Waals surface area (Å²) in [5.41, 5.74) is 0.464. The first-order chi connectivity index (χ1) is 10.3. The minimum Gasteiger partial charge on any atom is -0.495 e. The van der Waals surface area contributed by atoms with Gasteiger partial charge in [-0.3, -0.25) is 9.80 Å². The number of benzene rings is 1. The molecule has 0 N–H and O–H groups in total. The number of nitrogens with zero attached hydrogens (tertiary/aromatic N) is 2. The molecule has 0 atom stereocenters. The summed E-state index contributed by atoms with van der Waals surface area (Å²) >= 11 is 12.1. The highest BCUT2D eigenvalue weighted by atomic mass is 35.5. The van der Waals surface area contributed by atoms with Gasteiger partial charge >= 0.3 is 6.09 Å². The van der Waals surface area contributed by atoms with Crippen LogP contribution in [0, 0.1) is 0 Å². The maximum Gasteiger partial charge on any atom is 0.428 e. The van der Waals surface area contributed by atoms with Gasteiger partial charge in [-0.25, -0.2) is 9.80 Å². The van der Waals surface area contributed by atoms with Crippen molar-refractivity contribution >= 4 is 35.2 Å². The van der Waals surface area contributed by atoms with E-state index in [2.05, 4.69) is 0 Å². The lowest BCUT2D eigenvalue weighted by atomic mass is 10.1. The molecule has 8 heteroatoms. The van der Waals surface area contributed by atoms with Gasteiger partial charge in [0.1, 0.15) is 5.75 Å². The number of hydrogen-bond acceptors (Lipinski definition) is 4. The van der Waals surface area contributed by atoms with Crippen molar-refractivity contribution in [3.63, 3.8) is 0 Å². The topological polar surface area (TPSA) is 59.1 Å². The number of amides is 2. The van der Waals surface area contributed by atoms with Crippen LogP contribution in [0.2, 0.25) is 10.0 Å². The maximum atomic E-state index is 12.3. The minimum atomic E-state index is -0.623. The van der Waals surface area contributed by atoms with E-state index in [1.54, 1.807) is 19.1 Å². The zero-order valence-electron chi connectivity index (χ0n) is 12.9. The third kappa shape index (κ3) is 4.18. The summed E-state index contributed by atoms with van der Waals surface area (Å²) in [5, 5.41) is 2.95. The number of ether oxygens (including phenoxy) is 2. The van der Waals surface area contributed by atoms with Gasteiger partial charge in [-0.2, -0.15) is 0 Å². The Hall–Kier alpha value is -1.66. The van der Waals surface area contributed by atoms with E-state index < -0.39 is 6.09 Å². The van der Waals surface area contributed by atoms with E-state index in [0.29, 0.717) is 21.4 Å². The number of hydrazine groups is 1. The van der Waals surface area contributed by atoms with Crippen LogP contribution < -0.4 is 4.74 Å². The SMILES string of the molecule is CCOC(=O)N(C)N(C)C(=O)Cc1c(Cl)ccc(Cl)c1OC. The number of methoxy groups -OCH3 is 1. The fourth-order valence-electron chi connectivity index (χ4n) is 1.73. The highest BCUT2D eigenvalue weighted by molar-refractivity contribution is 6.35. The summed E-state index contributed by atoms with van der Waals surface area (Å²) in [6.45, 7) is 1.91. The number of hydrogen-bond donors (Lipinski definition) is 0. The van der Waals surface area contributed by atoms with Crippen LogP contribution in [0.15, 0.2) is 12.1 Å². The largest absolute Gasteiger partial charge is 0.495 e. The van der Waals surface area contributed by atoms with E-state index in [9.17, 15) is 9.59 Å². The molecule has 0 radical (unpaired) electrons. The molecule has 0 heterocycles. The summed E-state index contributed by atoms with van der Waals surface area (Å²) in [6.07, 6.45) is -0.689. The molecular formula is C14H18Cl2N2O4. The third-order valence-corrected chi connectivity index (χ3v) is 3.68. The van der Waals surface area contributed by atoms with Gasteiger partial charge in [0.25, 0.3) is 0 Å². The van der Waals surface area contributed by atoms with Crippen molar-refractivity contribution < 1.29 is 19.1 Å². The standard InChI is InChI=1S/C14H18Cl2N2O4/c1-5-22-14(20)18(3)17(2)12(19)8-9-10(15)6-7-11(16)13(9)21-4/h6-7H,5,8H2,1-4H3. The van der Waals surface area contributed by atoms with Crippen molar-refractivity contribution in [2.24, 2.45) is 0 Å². The lowest BCUT2D eigenvalue weighted by molar-refractivity contribution is -0.140. The van der Waals surface area contributed by atoms with E-state index in [-0.39, 0.29) is 18.9 Å². The van der Waals surface area contributed by atoms with Gasteiger partial charge in [-0.05, 0) is 19.1 Å². The molecule has 0 aromatic heterocycles. The molecule has 0 bridgehead atoms. The normalized spacial score (nSPS) is 10.1. The maximum absolute atomic E-state index is 12.3. The number of rotatable bonds is 4. The second kappa shape index (κ2) is 8.10. The summed E-state index contributed by atoms with van der Waals surface area (Å²) in [4.78, 5) is 23.9. The van der Waals surface area contributed by atoms with Gasteiger partial charge in [0, 0.05) is 24.7 Å². The molecule has 1 aromatic rings. The summed E-state index contributed by atoms with van der Waals surface area (Å²) < 4.78 is 10.0. The van der Waals surface area contributed by atoms with Crippen LogP contribution in [-0.4, -0.2) is 49.8 Å². The molecule has 1 aromatic carbocycles. The highest BCUT2D eigenvalue weighted by Crippen LogP contribution is 2.34. The summed E-state index contributed by atoms with van der Waals surface area (Å²) in [6, 6.07) is 3.18. The van der Waals surface area contributed by atoms with Crippen LogP contribution in [0.3, 0.4) is 0 Å². The quantitative estimate of drug-likeness (QED) is 0.784. The Kier molecular flexibility index (Phi) is 6.77. The Morgan fingerprint density at radius 3 is 2.27 bits per heavy atom. The average molecular weight is 349 g/mol. The molecule has 0 aliphatic heterocycles. The Morgan fingerprint density at radius 1 is 1.14 bits per heavy atom. The molecule has 0 saturated carbocycles. The molecule has 6 nitrogen and oxygen atoms in total. The molecule has 0 aliphatic carbocycles. The van der Waals surface area contributed by atoms with Crippen molar-refractivity contribution in [3.05, 3.63) is 27.7 Å². The predicted octanol–water partition coefficient (Wildman–Crippen LogP) is 3.01. The molecule has 0 aliphatic rings. The van der Waals surface area contributed by atoms with Crippen molar-refractivity contribution in [2.75, 3.05) is 27.8 Å². The monoisotopic (exact) mass is 348 g/mol. The number of carbonyl (C=O) groups is 2. The van der Waals surface area contributed by atoms with E-state index >= 15 is 0 Å². The van der Waals surface area contributed by atoms with Crippen LogP contribution in [0.4, 0.5) is 4.79 Å². The molecule has 122 valence electrons. The molecule has 0 unspecified atom stereocenters. The van der Waals surface area contributed by atoms with Crippen molar-refractivity contribution in [3.8, 4) is 5.75 Å². The lowest BCUT2D eigenvalue weighted by Crippen LogP contribution is -2.45. The second-order valence-electron chi connectivity index (χ2n) is 4.36. The molecule has 0 spiro atoms. The Labute approximate surface area is 139 Å². The first-order valence-electron chi connectivity index (χ1n) is 6.51. The van der Waals surface area contributed by atoms with E-state index in [0.717, 1.165) is 10.0 Å². The minimum absolute atomic E-state index is 0.0667. The Bertz CT molecular complexity index is 566. The average Bonchev–Trinajstić information content (AvgIpc) is 2.49. The van der Waals surface area contributed by atoms with Gasteiger partial charge < -0.3 is 9.47 Å². The molecule has 0 saturated heterocycles. The first-order valence-corrected chi connectivity index (χ1v) is 7.26. The van der Waals surface area contributed by atoms with E-state index in [1.807, 2.05) is 0 Å². The Morgan fingerprint density at radius 2 is 1.73 bits per heavy atom. The zero-order chi connectivity index (χ0) is 16.9. The van der Waals surface area contributed by atoms with Gasteiger partial charge in [0.15, 0.2) is 0 Å². The second-order valence-corrected chi connectivity index (χ2v) is 5.17. The molecule has 22 heavy (non-hydrogen) atoms. The smallest absolute Gasteiger partial charge is 0.428 e. The third-order valence-electron chi connectivity index (χ3n) is 3.03. The first kappa shape index (κ1) is 18.4. The summed E-state index contributed by atoms with van der Waals surface area (Å²) in [7, 11) is 4.34. The van der Waals surface area contributed by atoms with Gasteiger partial charge in [-0.15, -0.1) is 0 Å². The van der Waals surface area contributed by atoms with Gasteiger partial charge in [-0.1, -0.05) is 23.2 Å². The molecule has 2 amide bonds. The number of carbonyl (C=O) groups excluding carboxylic acids is 2. The number of halogens is 2. The van der Waals surface area contributed by atoms with Gasteiger partial charge in [0.2, 0.25) is 5.91 Å². The van der Waals surface area contributed by atoms with Crippen molar-refractivity contribution in [1.82, 2.24) is 10.0 Å². The van der Waals surface area contributed by atoms with Crippen LogP contribution in [-0.2, 0) is 16.0 Å². The molecular weight excluding hydrogens is 331 g/mol. The highest BCUT2D eigenvalue weighted by Gasteiger charge is 2.23. The number of likely N-dealkylation sites (N-methyl/N-ethyl adjacent to an activating group) is 1. The molecule has 0 fully saturated rings. The predicted molar refractivity (Wildman–Crippen MR) is 84.3 cm³/mol. The van der Waals surface area contributed by atoms with Crippen molar-refractivity contribution in [1.29, 1.82) is 0 Å². The van der Waals surface area contributed by atoms with Crippen LogP contribution in [0.25, 0.3) is 0 Å². The van der Waals surface area contributed by atoms with Crippen molar-refractivity contribution in [2.45, 2.75) is 13.3 Å². The van der Waals surface area contributed by atoms with Crippen LogP contribution >= 0.6 is 23.2 Å². The lowest BCUT2D eigenvalue weighted by Gasteiger charge is -2.27.